The minimum atomic E-state index is -4.01. The molecule has 0 atom stereocenters. The van der Waals surface area contributed by atoms with Crippen molar-refractivity contribution in [2.24, 2.45) is 0 Å². The molecule has 0 aliphatic carbocycles. The van der Waals surface area contributed by atoms with Crippen LogP contribution < -0.4 is 5.32 Å². The van der Waals surface area contributed by atoms with Crippen LogP contribution in [-0.4, -0.2) is 48.5 Å². The molecule has 0 aliphatic rings. The summed E-state index contributed by atoms with van der Waals surface area (Å²) in [5.74, 6) is -2.25. The molecule has 1 N–H and O–H groups in total. The van der Waals surface area contributed by atoms with Gasteiger partial charge < -0.3 is 14.8 Å². The Balaban J connectivity index is 1.88. The first-order chi connectivity index (χ1) is 14.7. The van der Waals surface area contributed by atoms with Gasteiger partial charge in [0.2, 0.25) is 11.8 Å². The number of para-hydroxylation sites is 1. The molecular weight excluding hydrogens is 421 g/mol. The van der Waals surface area contributed by atoms with Crippen molar-refractivity contribution in [1.82, 2.24) is 9.47 Å². The average molecular weight is 446 g/mol. The fourth-order valence-electron chi connectivity index (χ4n) is 3.43. The first kappa shape index (κ1) is 22.5. The van der Waals surface area contributed by atoms with Crippen LogP contribution in [0.4, 0.5) is 10.1 Å². The average Bonchev–Trinajstić information content (AvgIpc) is 3.08. The van der Waals surface area contributed by atoms with Gasteiger partial charge in [0.05, 0.1) is 4.90 Å². The number of likely N-dealkylation sites (N-methyl/N-ethyl adjacent to an activating group) is 1. The number of nitrogens with zero attached hydrogens (tertiary/aromatic N) is 2. The van der Waals surface area contributed by atoms with E-state index in [0.29, 0.717) is 24.0 Å². The Morgan fingerprint density at radius 1 is 1.06 bits per heavy atom. The molecule has 0 aliphatic heterocycles. The molecule has 7 nitrogen and oxygen atoms in total. The molecule has 0 spiro atoms. The molecular formula is C22H24FN3O4S. The highest BCUT2D eigenvalue weighted by atomic mass is 32.2. The number of rotatable bonds is 8. The summed E-state index contributed by atoms with van der Waals surface area (Å²) in [7, 11) is -4.01. The van der Waals surface area contributed by atoms with E-state index in [-0.39, 0.29) is 23.0 Å². The molecule has 0 unspecified atom stereocenters. The van der Waals surface area contributed by atoms with Crippen molar-refractivity contribution in [3.8, 4) is 0 Å². The minimum absolute atomic E-state index is 0.00674. The van der Waals surface area contributed by atoms with E-state index in [0.717, 1.165) is 6.07 Å². The third kappa shape index (κ3) is 5.11. The fraction of sp³-hybridized carbons (Fsp3) is 0.273. The summed E-state index contributed by atoms with van der Waals surface area (Å²) in [4.78, 5) is 26.5. The molecule has 3 rings (SSSR count). The van der Waals surface area contributed by atoms with E-state index in [9.17, 15) is 22.4 Å². The molecule has 2 aromatic carbocycles. The topological polar surface area (TPSA) is 88.5 Å². The zero-order valence-electron chi connectivity index (χ0n) is 17.3. The number of hydrogen-bond acceptors (Lipinski definition) is 4. The second-order valence-corrected chi connectivity index (χ2v) is 8.98. The van der Waals surface area contributed by atoms with Crippen LogP contribution in [0.15, 0.2) is 59.6 Å². The zero-order chi connectivity index (χ0) is 22.6. The van der Waals surface area contributed by atoms with Gasteiger partial charge in [0.15, 0.2) is 9.84 Å². The lowest BCUT2D eigenvalue weighted by molar-refractivity contribution is -0.131. The summed E-state index contributed by atoms with van der Waals surface area (Å²) in [5, 5.41) is 2.84. The van der Waals surface area contributed by atoms with Gasteiger partial charge in [0, 0.05) is 35.9 Å². The summed E-state index contributed by atoms with van der Waals surface area (Å²) < 4.78 is 40.9. The van der Waals surface area contributed by atoms with Gasteiger partial charge in [0.1, 0.15) is 18.1 Å². The number of aromatic nitrogens is 1. The smallest absolute Gasteiger partial charge is 0.242 e. The quantitative estimate of drug-likeness (QED) is 0.577. The SMILES string of the molecule is CCN(CC)C(=O)Cn1cc(S(=O)(=O)CC(=O)Nc2cccc(F)c2)c2ccccc21. The molecule has 2 amide bonds. The van der Waals surface area contributed by atoms with Crippen LogP contribution in [0, 0.1) is 5.82 Å². The number of carbonyl (C=O) groups is 2. The summed E-state index contributed by atoms with van der Waals surface area (Å²) in [6.07, 6.45) is 1.40. The molecule has 9 heteroatoms. The molecule has 0 radical (unpaired) electrons. The summed E-state index contributed by atoms with van der Waals surface area (Å²) >= 11 is 0. The van der Waals surface area contributed by atoms with Crippen molar-refractivity contribution in [2.45, 2.75) is 25.3 Å². The van der Waals surface area contributed by atoms with Crippen LogP contribution in [0.5, 0.6) is 0 Å². The van der Waals surface area contributed by atoms with Crippen LogP contribution in [0.1, 0.15) is 13.8 Å². The van der Waals surface area contributed by atoms with E-state index in [1.54, 1.807) is 33.7 Å². The Labute approximate surface area is 180 Å². The summed E-state index contributed by atoms with van der Waals surface area (Å²) in [6, 6.07) is 12.1. The number of carbonyl (C=O) groups excluding carboxylic acids is 2. The Hall–Kier alpha value is -3.20. The van der Waals surface area contributed by atoms with Crippen LogP contribution >= 0.6 is 0 Å². The minimum Gasteiger partial charge on any atom is -0.342 e. The van der Waals surface area contributed by atoms with Gasteiger partial charge >= 0.3 is 0 Å². The van der Waals surface area contributed by atoms with Crippen LogP contribution in [0.3, 0.4) is 0 Å². The second kappa shape index (κ2) is 9.30. The molecule has 31 heavy (non-hydrogen) atoms. The maximum absolute atomic E-state index is 13.3. The van der Waals surface area contributed by atoms with Crippen LogP contribution in [0.2, 0.25) is 0 Å². The van der Waals surface area contributed by atoms with Gasteiger partial charge in [-0.1, -0.05) is 24.3 Å². The first-order valence-corrected chi connectivity index (χ1v) is 11.5. The molecule has 1 heterocycles. The lowest BCUT2D eigenvalue weighted by Gasteiger charge is -2.19. The third-order valence-electron chi connectivity index (χ3n) is 4.94. The largest absolute Gasteiger partial charge is 0.342 e. The van der Waals surface area contributed by atoms with Crippen molar-refractivity contribution in [3.05, 3.63) is 60.5 Å². The van der Waals surface area contributed by atoms with E-state index in [1.165, 1.54) is 24.4 Å². The number of halogens is 1. The standard InChI is InChI=1S/C22H24FN3O4S/c1-3-25(4-2)22(28)14-26-13-20(18-10-5-6-11-19(18)26)31(29,30)15-21(27)24-17-9-7-8-16(23)12-17/h5-13H,3-4,14-15H2,1-2H3,(H,24,27). The number of sulfone groups is 1. The van der Waals surface area contributed by atoms with E-state index >= 15 is 0 Å². The maximum Gasteiger partial charge on any atom is 0.242 e. The number of fused-ring (bicyclic) bond motifs is 1. The summed E-state index contributed by atoms with van der Waals surface area (Å²) in [6.45, 7) is 4.86. The highest BCUT2D eigenvalue weighted by Crippen LogP contribution is 2.26. The Kier molecular flexibility index (Phi) is 6.74. The fourth-order valence-corrected chi connectivity index (χ4v) is 4.80. The Morgan fingerprint density at radius 2 is 1.77 bits per heavy atom. The predicted octanol–water partition coefficient (Wildman–Crippen LogP) is 3.06. The molecule has 1 aromatic heterocycles. The zero-order valence-corrected chi connectivity index (χ0v) is 18.2. The van der Waals surface area contributed by atoms with Gasteiger partial charge in [0.25, 0.3) is 0 Å². The molecule has 164 valence electrons. The molecule has 0 saturated heterocycles. The molecule has 3 aromatic rings. The predicted molar refractivity (Wildman–Crippen MR) is 117 cm³/mol. The third-order valence-corrected chi connectivity index (χ3v) is 6.58. The van der Waals surface area contributed by atoms with E-state index in [4.69, 9.17) is 0 Å². The number of benzene rings is 2. The van der Waals surface area contributed by atoms with Gasteiger partial charge in [-0.3, -0.25) is 9.59 Å². The van der Waals surface area contributed by atoms with Gasteiger partial charge in [-0.15, -0.1) is 0 Å². The highest BCUT2D eigenvalue weighted by molar-refractivity contribution is 7.92. The maximum atomic E-state index is 13.3. The van der Waals surface area contributed by atoms with Gasteiger partial charge in [-0.05, 0) is 38.1 Å². The van der Waals surface area contributed by atoms with E-state index in [1.807, 2.05) is 13.8 Å². The normalized spacial score (nSPS) is 11.5. The molecule has 0 bridgehead atoms. The second-order valence-electron chi connectivity index (χ2n) is 7.02. The highest BCUT2D eigenvalue weighted by Gasteiger charge is 2.25. The van der Waals surface area contributed by atoms with Crippen molar-refractivity contribution >= 4 is 38.2 Å². The number of nitrogens with one attached hydrogen (secondary N) is 1. The summed E-state index contributed by atoms with van der Waals surface area (Å²) in [5.41, 5.74) is 0.763. The Bertz CT molecular complexity index is 1220. The van der Waals surface area contributed by atoms with E-state index in [2.05, 4.69) is 5.32 Å². The van der Waals surface area contributed by atoms with Gasteiger partial charge in [-0.25, -0.2) is 12.8 Å². The van der Waals surface area contributed by atoms with Crippen molar-refractivity contribution in [3.63, 3.8) is 0 Å². The van der Waals surface area contributed by atoms with Crippen LogP contribution in [-0.2, 0) is 26.0 Å². The number of anilines is 1. The molecule has 0 saturated carbocycles. The number of hydrogen-bond donors (Lipinski definition) is 1. The Morgan fingerprint density at radius 3 is 2.45 bits per heavy atom. The lowest BCUT2D eigenvalue weighted by Crippen LogP contribution is -2.33. The van der Waals surface area contributed by atoms with Crippen molar-refractivity contribution in [1.29, 1.82) is 0 Å². The van der Waals surface area contributed by atoms with Crippen LogP contribution in [0.25, 0.3) is 10.9 Å². The van der Waals surface area contributed by atoms with Gasteiger partial charge in [-0.2, -0.15) is 0 Å². The lowest BCUT2D eigenvalue weighted by atomic mass is 10.2. The first-order valence-electron chi connectivity index (χ1n) is 9.89. The van der Waals surface area contributed by atoms with E-state index < -0.39 is 27.3 Å². The van der Waals surface area contributed by atoms with Crippen molar-refractivity contribution in [2.75, 3.05) is 24.2 Å². The number of amides is 2. The van der Waals surface area contributed by atoms with Crippen molar-refractivity contribution < 1.29 is 22.4 Å². The molecule has 0 fully saturated rings. The monoisotopic (exact) mass is 445 g/mol.